The van der Waals surface area contributed by atoms with Crippen molar-refractivity contribution in [2.75, 3.05) is 20.3 Å². The first-order valence-corrected chi connectivity index (χ1v) is 8.69. The van der Waals surface area contributed by atoms with Crippen LogP contribution in [0.3, 0.4) is 0 Å². The molecule has 0 heterocycles. The number of aryl methyl sites for hydroxylation is 1. The number of hydrogen-bond donors (Lipinski definition) is 0. The molecule has 0 fully saturated rings. The largest absolute Gasteiger partial charge is 0.494 e. The molecule has 0 saturated carbocycles. The molecular formula is C20H22N2O6. The van der Waals surface area contributed by atoms with Crippen molar-refractivity contribution >= 4 is 17.6 Å². The zero-order chi connectivity index (χ0) is 20.7. The molecule has 0 aliphatic heterocycles. The third-order valence-electron chi connectivity index (χ3n) is 4.04. The molecule has 1 amide bonds. The van der Waals surface area contributed by atoms with Gasteiger partial charge in [0.05, 0.1) is 17.1 Å². The van der Waals surface area contributed by atoms with Crippen molar-refractivity contribution in [3.63, 3.8) is 0 Å². The summed E-state index contributed by atoms with van der Waals surface area (Å²) >= 11 is 0. The number of esters is 1. The summed E-state index contributed by atoms with van der Waals surface area (Å²) in [7, 11) is 1.61. The number of hydrogen-bond acceptors (Lipinski definition) is 6. The molecule has 0 spiro atoms. The first-order chi connectivity index (χ1) is 13.3. The van der Waals surface area contributed by atoms with E-state index in [-0.39, 0.29) is 17.2 Å². The van der Waals surface area contributed by atoms with Crippen LogP contribution < -0.4 is 4.74 Å². The highest BCUT2D eigenvalue weighted by Gasteiger charge is 2.17. The minimum atomic E-state index is -0.708. The molecule has 0 atom stereocenters. The zero-order valence-electron chi connectivity index (χ0n) is 16.0. The lowest BCUT2D eigenvalue weighted by atomic mass is 10.1. The van der Waals surface area contributed by atoms with E-state index in [0.717, 1.165) is 11.3 Å². The Kier molecular flexibility index (Phi) is 7.08. The fraction of sp³-hybridized carbons (Fsp3) is 0.300. The minimum absolute atomic E-state index is 0.0808. The van der Waals surface area contributed by atoms with Crippen LogP contribution in [0, 0.1) is 17.0 Å². The zero-order valence-corrected chi connectivity index (χ0v) is 16.0. The highest BCUT2D eigenvalue weighted by atomic mass is 16.6. The summed E-state index contributed by atoms with van der Waals surface area (Å²) in [6.45, 7) is 3.96. The number of carbonyl (C=O) groups is 2. The van der Waals surface area contributed by atoms with Crippen molar-refractivity contribution < 1.29 is 24.0 Å². The minimum Gasteiger partial charge on any atom is -0.494 e. The number of benzene rings is 2. The molecule has 0 bridgehead atoms. The monoisotopic (exact) mass is 386 g/mol. The van der Waals surface area contributed by atoms with Gasteiger partial charge in [-0.1, -0.05) is 12.1 Å². The molecular weight excluding hydrogens is 364 g/mol. The predicted molar refractivity (Wildman–Crippen MR) is 102 cm³/mol. The van der Waals surface area contributed by atoms with Crippen LogP contribution in [0.25, 0.3) is 0 Å². The van der Waals surface area contributed by atoms with Crippen LogP contribution in [0.2, 0.25) is 0 Å². The van der Waals surface area contributed by atoms with Gasteiger partial charge in [-0.2, -0.15) is 0 Å². The Labute approximate surface area is 162 Å². The van der Waals surface area contributed by atoms with Gasteiger partial charge >= 0.3 is 5.97 Å². The van der Waals surface area contributed by atoms with Crippen LogP contribution in [-0.2, 0) is 16.1 Å². The number of amides is 1. The lowest BCUT2D eigenvalue weighted by Crippen LogP contribution is -2.30. The molecule has 2 aromatic carbocycles. The summed E-state index contributed by atoms with van der Waals surface area (Å²) in [5, 5.41) is 10.8. The van der Waals surface area contributed by atoms with Crippen LogP contribution in [0.5, 0.6) is 5.75 Å². The molecule has 0 aromatic heterocycles. The van der Waals surface area contributed by atoms with Crippen molar-refractivity contribution in [1.82, 2.24) is 4.90 Å². The van der Waals surface area contributed by atoms with Crippen molar-refractivity contribution in [3.05, 3.63) is 69.3 Å². The second-order valence-corrected chi connectivity index (χ2v) is 6.16. The Morgan fingerprint density at radius 1 is 1.14 bits per heavy atom. The maximum Gasteiger partial charge on any atom is 0.338 e. The van der Waals surface area contributed by atoms with E-state index in [1.54, 1.807) is 7.05 Å². The number of likely N-dealkylation sites (N-methyl/N-ethyl adjacent to an activating group) is 1. The number of nitro groups is 1. The van der Waals surface area contributed by atoms with Gasteiger partial charge in [0.25, 0.3) is 11.6 Å². The summed E-state index contributed by atoms with van der Waals surface area (Å²) in [6, 6.07) is 11.3. The molecule has 2 rings (SSSR count). The number of ether oxygens (including phenoxy) is 2. The lowest BCUT2D eigenvalue weighted by molar-refractivity contribution is -0.385. The van der Waals surface area contributed by atoms with Crippen molar-refractivity contribution in [2.24, 2.45) is 0 Å². The molecule has 0 radical (unpaired) electrons. The molecule has 0 saturated heterocycles. The summed E-state index contributed by atoms with van der Waals surface area (Å²) in [5.41, 5.74) is 1.34. The average molecular weight is 386 g/mol. The summed E-state index contributed by atoms with van der Waals surface area (Å²) in [5.74, 6) is -0.311. The summed E-state index contributed by atoms with van der Waals surface area (Å²) in [4.78, 5) is 36.0. The van der Waals surface area contributed by atoms with E-state index in [0.29, 0.717) is 18.7 Å². The Bertz CT molecular complexity index is 863. The summed E-state index contributed by atoms with van der Waals surface area (Å²) in [6.07, 6.45) is 0. The van der Waals surface area contributed by atoms with Crippen LogP contribution in [-0.4, -0.2) is 42.0 Å². The Morgan fingerprint density at radius 3 is 2.39 bits per heavy atom. The normalized spacial score (nSPS) is 10.2. The van der Waals surface area contributed by atoms with Crippen LogP contribution >= 0.6 is 0 Å². The van der Waals surface area contributed by atoms with Gasteiger partial charge in [0.1, 0.15) is 5.75 Å². The smallest absolute Gasteiger partial charge is 0.338 e. The van der Waals surface area contributed by atoms with E-state index in [1.165, 1.54) is 30.0 Å². The average Bonchev–Trinajstić information content (AvgIpc) is 2.67. The van der Waals surface area contributed by atoms with E-state index >= 15 is 0 Å². The Balaban J connectivity index is 1.89. The first kappa shape index (κ1) is 20.9. The van der Waals surface area contributed by atoms with Gasteiger partial charge in [0, 0.05) is 25.2 Å². The molecule has 0 unspecified atom stereocenters. The van der Waals surface area contributed by atoms with Gasteiger partial charge in [-0.25, -0.2) is 4.79 Å². The van der Waals surface area contributed by atoms with Gasteiger partial charge in [-0.3, -0.25) is 14.9 Å². The molecule has 0 aliphatic rings. The van der Waals surface area contributed by atoms with E-state index in [9.17, 15) is 19.7 Å². The molecule has 0 aliphatic carbocycles. The predicted octanol–water partition coefficient (Wildman–Crippen LogP) is 3.12. The van der Waals surface area contributed by atoms with Gasteiger partial charge < -0.3 is 14.4 Å². The Hall–Kier alpha value is -3.42. The molecule has 28 heavy (non-hydrogen) atoms. The highest BCUT2D eigenvalue weighted by Crippen LogP contribution is 2.19. The second kappa shape index (κ2) is 9.50. The van der Waals surface area contributed by atoms with E-state index < -0.39 is 17.5 Å². The Morgan fingerprint density at radius 2 is 1.82 bits per heavy atom. The van der Waals surface area contributed by atoms with Gasteiger partial charge in [-0.15, -0.1) is 0 Å². The van der Waals surface area contributed by atoms with Crippen LogP contribution in [0.1, 0.15) is 28.4 Å². The molecule has 0 N–H and O–H groups in total. The van der Waals surface area contributed by atoms with Crippen molar-refractivity contribution in [3.8, 4) is 5.75 Å². The van der Waals surface area contributed by atoms with E-state index in [2.05, 4.69) is 0 Å². The van der Waals surface area contributed by atoms with E-state index in [4.69, 9.17) is 9.47 Å². The maximum atomic E-state index is 12.2. The highest BCUT2D eigenvalue weighted by molar-refractivity contribution is 5.91. The standard InChI is InChI=1S/C20H22N2O6/c1-4-27-17-8-5-15(6-9-17)12-21(3)19(23)13-28-20(24)16-7-10-18(22(25)26)14(2)11-16/h5-11H,4,12-13H2,1-3H3. The third kappa shape index (κ3) is 5.54. The van der Waals surface area contributed by atoms with Gasteiger partial charge in [0.2, 0.25) is 0 Å². The van der Waals surface area contributed by atoms with Crippen molar-refractivity contribution in [2.45, 2.75) is 20.4 Å². The maximum absolute atomic E-state index is 12.2. The van der Waals surface area contributed by atoms with Crippen LogP contribution in [0.4, 0.5) is 5.69 Å². The fourth-order valence-corrected chi connectivity index (χ4v) is 2.53. The summed E-state index contributed by atoms with van der Waals surface area (Å²) < 4.78 is 10.4. The number of rotatable bonds is 8. The van der Waals surface area contributed by atoms with Gasteiger partial charge in [0.15, 0.2) is 6.61 Å². The number of nitrogens with zero attached hydrogens (tertiary/aromatic N) is 2. The SMILES string of the molecule is CCOc1ccc(CN(C)C(=O)COC(=O)c2ccc([N+](=O)[O-])c(C)c2)cc1. The van der Waals surface area contributed by atoms with Crippen LogP contribution in [0.15, 0.2) is 42.5 Å². The lowest BCUT2D eigenvalue weighted by Gasteiger charge is -2.17. The van der Waals surface area contributed by atoms with E-state index in [1.807, 2.05) is 31.2 Å². The quantitative estimate of drug-likeness (QED) is 0.393. The topological polar surface area (TPSA) is 99.0 Å². The molecule has 2 aromatic rings. The second-order valence-electron chi connectivity index (χ2n) is 6.16. The van der Waals surface area contributed by atoms with Crippen molar-refractivity contribution in [1.29, 1.82) is 0 Å². The number of carbonyl (C=O) groups excluding carboxylic acids is 2. The molecule has 8 nitrogen and oxygen atoms in total. The third-order valence-corrected chi connectivity index (χ3v) is 4.04. The van der Waals surface area contributed by atoms with Gasteiger partial charge in [-0.05, 0) is 43.7 Å². The first-order valence-electron chi connectivity index (χ1n) is 8.69. The molecule has 148 valence electrons. The number of nitro benzene ring substituents is 1. The fourth-order valence-electron chi connectivity index (χ4n) is 2.53. The molecule has 8 heteroatoms.